The number of thiazole rings is 1. The Morgan fingerprint density at radius 2 is 1.88 bits per heavy atom. The van der Waals surface area contributed by atoms with E-state index in [1.807, 2.05) is 12.1 Å². The van der Waals surface area contributed by atoms with Crippen LogP contribution in [0.1, 0.15) is 51.3 Å². The lowest BCUT2D eigenvalue weighted by Gasteiger charge is -2.30. The Morgan fingerprint density at radius 3 is 2.46 bits per heavy atom. The van der Waals surface area contributed by atoms with Gasteiger partial charge in [-0.2, -0.15) is 0 Å². The Balaban J connectivity index is 2.31. The maximum atomic E-state index is 6.44. The summed E-state index contributed by atoms with van der Waals surface area (Å²) in [5, 5.41) is 0.739. The van der Waals surface area contributed by atoms with Crippen LogP contribution in [0.25, 0.3) is 21.3 Å². The van der Waals surface area contributed by atoms with Crippen molar-refractivity contribution in [2.24, 2.45) is 0 Å². The highest BCUT2D eigenvalue weighted by Crippen LogP contribution is 2.44. The zero-order valence-corrected chi connectivity index (χ0v) is 18.8. The van der Waals surface area contributed by atoms with Gasteiger partial charge in [0.2, 0.25) is 0 Å². The zero-order valence-electron chi connectivity index (χ0n) is 15.7. The molecule has 0 aliphatic heterocycles. The molecule has 0 bridgehead atoms. The van der Waals surface area contributed by atoms with Crippen LogP contribution in [-0.2, 0) is 4.74 Å². The van der Waals surface area contributed by atoms with Crippen LogP contribution >= 0.6 is 38.9 Å². The molecule has 0 fully saturated rings. The highest BCUT2D eigenvalue weighted by molar-refractivity contribution is 9.11. The van der Waals surface area contributed by atoms with E-state index in [1.165, 1.54) is 21.4 Å². The van der Waals surface area contributed by atoms with Crippen molar-refractivity contribution in [1.29, 1.82) is 0 Å². The van der Waals surface area contributed by atoms with Gasteiger partial charge in [-0.05, 0) is 84.9 Å². The van der Waals surface area contributed by atoms with E-state index >= 15 is 0 Å². The second-order valence-electron chi connectivity index (χ2n) is 7.43. The number of fused-ring (bicyclic) bond motifs is 1. The topological polar surface area (TPSA) is 22.1 Å². The molecule has 1 atom stereocenters. The van der Waals surface area contributed by atoms with Crippen molar-refractivity contribution in [3.05, 3.63) is 50.4 Å². The molecule has 1 aromatic heterocycles. The molecule has 0 radical (unpaired) electrons. The molecule has 26 heavy (non-hydrogen) atoms. The second kappa shape index (κ2) is 7.59. The predicted molar refractivity (Wildman–Crippen MR) is 116 cm³/mol. The molecule has 2 nitrogen and oxygen atoms in total. The zero-order chi connectivity index (χ0) is 19.1. The number of rotatable bonds is 4. The van der Waals surface area contributed by atoms with E-state index in [0.717, 1.165) is 26.4 Å². The average molecular weight is 453 g/mol. The van der Waals surface area contributed by atoms with E-state index in [2.05, 4.69) is 73.7 Å². The molecule has 3 aromatic rings. The van der Waals surface area contributed by atoms with Crippen LogP contribution in [0, 0.1) is 6.92 Å². The Morgan fingerprint density at radius 1 is 1.23 bits per heavy atom. The van der Waals surface area contributed by atoms with E-state index < -0.39 is 0 Å². The molecule has 138 valence electrons. The van der Waals surface area contributed by atoms with Gasteiger partial charge in [-0.25, -0.2) is 4.98 Å². The molecule has 5 heteroatoms. The number of hydrogen-bond acceptors (Lipinski definition) is 3. The molecule has 0 unspecified atom stereocenters. The number of ether oxygens (including phenoxy) is 1. The van der Waals surface area contributed by atoms with Gasteiger partial charge in [0.25, 0.3) is 0 Å². The third-order valence-electron chi connectivity index (χ3n) is 4.22. The lowest BCUT2D eigenvalue weighted by atomic mass is 9.90. The third-order valence-corrected chi connectivity index (χ3v) is 6.02. The molecule has 0 aliphatic rings. The minimum Gasteiger partial charge on any atom is -0.368 e. The summed E-state index contributed by atoms with van der Waals surface area (Å²) in [6, 6.07) is 10.2. The van der Waals surface area contributed by atoms with Crippen LogP contribution < -0.4 is 0 Å². The van der Waals surface area contributed by atoms with Crippen LogP contribution in [0.5, 0.6) is 0 Å². The first-order valence-corrected chi connectivity index (χ1v) is 10.7. The fourth-order valence-electron chi connectivity index (χ4n) is 3.28. The summed E-state index contributed by atoms with van der Waals surface area (Å²) in [4.78, 5) is 4.65. The van der Waals surface area contributed by atoms with Crippen molar-refractivity contribution in [2.75, 3.05) is 0 Å². The van der Waals surface area contributed by atoms with Crippen LogP contribution in [-0.4, -0.2) is 10.6 Å². The molecular formula is C21H23BrClNOS. The molecule has 0 spiro atoms. The van der Waals surface area contributed by atoms with Crippen LogP contribution in [0.2, 0.25) is 5.02 Å². The Hall–Kier alpha value is -0.940. The van der Waals surface area contributed by atoms with Crippen LogP contribution in [0.3, 0.4) is 0 Å². The largest absolute Gasteiger partial charge is 0.368 e. The van der Waals surface area contributed by atoms with Gasteiger partial charge < -0.3 is 4.74 Å². The first-order valence-electron chi connectivity index (χ1n) is 8.73. The number of hydrogen-bond donors (Lipinski definition) is 0. The van der Waals surface area contributed by atoms with Gasteiger partial charge in [0.1, 0.15) is 0 Å². The van der Waals surface area contributed by atoms with Crippen LogP contribution in [0.15, 0.2) is 34.2 Å². The van der Waals surface area contributed by atoms with Gasteiger partial charge >= 0.3 is 0 Å². The minimum atomic E-state index is -0.215. The molecule has 0 N–H and O–H groups in total. The predicted octanol–water partition coefficient (Wildman–Crippen LogP) is 7.95. The van der Waals surface area contributed by atoms with Crippen molar-refractivity contribution in [1.82, 2.24) is 4.98 Å². The van der Waals surface area contributed by atoms with Crippen molar-refractivity contribution in [3.8, 4) is 11.1 Å². The summed E-state index contributed by atoms with van der Waals surface area (Å²) >= 11 is 11.3. The SMILES string of the molecule is CC[C@@H](OC(C)(C)C)c1c(C)cc2nc(Br)sc2c1-c1ccc(Cl)cc1. The number of aryl methyl sites for hydroxylation is 1. The quantitative estimate of drug-likeness (QED) is 0.400. The number of benzene rings is 2. The average Bonchev–Trinajstić information content (AvgIpc) is 2.91. The fraction of sp³-hybridized carbons (Fsp3) is 0.381. The van der Waals surface area contributed by atoms with E-state index in [4.69, 9.17) is 16.3 Å². The monoisotopic (exact) mass is 451 g/mol. The van der Waals surface area contributed by atoms with E-state index in [-0.39, 0.29) is 11.7 Å². The number of aromatic nitrogens is 1. The summed E-state index contributed by atoms with van der Waals surface area (Å²) < 4.78 is 8.51. The van der Waals surface area contributed by atoms with E-state index in [9.17, 15) is 0 Å². The molecule has 0 saturated carbocycles. The molecule has 1 heterocycles. The van der Waals surface area contributed by atoms with Crippen molar-refractivity contribution in [3.63, 3.8) is 0 Å². The van der Waals surface area contributed by atoms with Gasteiger partial charge in [-0.3, -0.25) is 0 Å². The summed E-state index contributed by atoms with van der Waals surface area (Å²) in [5.74, 6) is 0. The van der Waals surface area contributed by atoms with Crippen molar-refractivity contribution < 1.29 is 4.74 Å². The molecule has 0 aliphatic carbocycles. The van der Waals surface area contributed by atoms with Gasteiger partial charge in [-0.15, -0.1) is 11.3 Å². The Kier molecular flexibility index (Phi) is 5.78. The Bertz CT molecular complexity index is 928. The Labute approximate surface area is 172 Å². The summed E-state index contributed by atoms with van der Waals surface area (Å²) in [6.45, 7) is 10.6. The van der Waals surface area contributed by atoms with E-state index in [0.29, 0.717) is 0 Å². The van der Waals surface area contributed by atoms with Gasteiger partial charge in [0, 0.05) is 10.6 Å². The second-order valence-corrected chi connectivity index (χ2v) is 10.1. The number of halogens is 2. The summed E-state index contributed by atoms with van der Waals surface area (Å²) in [5.41, 5.74) is 5.60. The van der Waals surface area contributed by atoms with Crippen molar-refractivity contribution in [2.45, 2.75) is 52.7 Å². The molecule has 2 aromatic carbocycles. The normalized spacial score (nSPS) is 13.3. The minimum absolute atomic E-state index is 0.0194. The molecule has 0 saturated heterocycles. The number of nitrogens with zero attached hydrogens (tertiary/aromatic N) is 1. The standard InChI is InChI=1S/C21H23BrClNOS/c1-6-16(25-21(3,4)5)17-12(2)11-15-19(26-20(22)24-15)18(17)13-7-9-14(23)10-8-13/h7-11,16H,6H2,1-5H3/t16-/m1/s1. The van der Waals surface area contributed by atoms with Gasteiger partial charge in [0.15, 0.2) is 3.92 Å². The maximum absolute atomic E-state index is 6.44. The van der Waals surface area contributed by atoms with Gasteiger partial charge in [0.05, 0.1) is 21.9 Å². The van der Waals surface area contributed by atoms with Crippen LogP contribution in [0.4, 0.5) is 0 Å². The third kappa shape index (κ3) is 4.14. The maximum Gasteiger partial charge on any atom is 0.160 e. The molecule has 3 rings (SSSR count). The molecule has 0 amide bonds. The summed E-state index contributed by atoms with van der Waals surface area (Å²) in [7, 11) is 0. The smallest absolute Gasteiger partial charge is 0.160 e. The lowest BCUT2D eigenvalue weighted by molar-refractivity contribution is -0.0630. The highest BCUT2D eigenvalue weighted by Gasteiger charge is 2.26. The first kappa shape index (κ1) is 19.8. The lowest BCUT2D eigenvalue weighted by Crippen LogP contribution is -2.23. The fourth-order valence-corrected chi connectivity index (χ4v) is 4.93. The molecular weight excluding hydrogens is 430 g/mol. The van der Waals surface area contributed by atoms with E-state index in [1.54, 1.807) is 11.3 Å². The van der Waals surface area contributed by atoms with Crippen molar-refractivity contribution >= 4 is 49.1 Å². The first-order chi connectivity index (χ1) is 12.2. The highest BCUT2D eigenvalue weighted by atomic mass is 79.9. The summed E-state index contributed by atoms with van der Waals surface area (Å²) in [6.07, 6.45) is 0.926. The van der Waals surface area contributed by atoms with Gasteiger partial charge in [-0.1, -0.05) is 30.7 Å².